The Morgan fingerprint density at radius 3 is 2.50 bits per heavy atom. The fraction of sp³-hybridized carbons (Fsp3) is 0.778. The second-order valence-electron chi connectivity index (χ2n) is 3.33. The lowest BCUT2D eigenvalue weighted by molar-refractivity contribution is -0.160. The lowest BCUT2D eigenvalue weighted by atomic mass is 10.2. The van der Waals surface area contributed by atoms with Crippen LogP contribution in [0.25, 0.3) is 0 Å². The largest absolute Gasteiger partial charge is 0.391 e. The number of ether oxygens (including phenoxy) is 1. The lowest BCUT2D eigenvalue weighted by Gasteiger charge is -2.26. The van der Waals surface area contributed by atoms with Gasteiger partial charge in [-0.05, 0) is 6.42 Å². The van der Waals surface area contributed by atoms with Crippen molar-refractivity contribution in [2.45, 2.75) is 25.9 Å². The van der Waals surface area contributed by atoms with Gasteiger partial charge in [0.1, 0.15) is 13.2 Å². The predicted molar refractivity (Wildman–Crippen MR) is 48.5 cm³/mol. The molecule has 1 N–H and O–H groups in total. The van der Waals surface area contributed by atoms with Crippen molar-refractivity contribution < 1.29 is 19.4 Å². The molecule has 80 valence electrons. The maximum absolute atomic E-state index is 11.2. The Bertz CT molecular complexity index is 213. The van der Waals surface area contributed by atoms with Crippen molar-refractivity contribution in [2.24, 2.45) is 0 Å². The first-order valence-electron chi connectivity index (χ1n) is 4.74. The van der Waals surface area contributed by atoms with E-state index in [0.717, 1.165) is 11.3 Å². The molecule has 1 saturated heterocycles. The zero-order chi connectivity index (χ0) is 10.6. The van der Waals surface area contributed by atoms with E-state index in [2.05, 4.69) is 0 Å². The van der Waals surface area contributed by atoms with Crippen LogP contribution in [0.3, 0.4) is 0 Å². The molecule has 0 aromatic heterocycles. The molecule has 0 spiro atoms. The van der Waals surface area contributed by atoms with Crippen LogP contribution in [0, 0.1) is 0 Å². The van der Waals surface area contributed by atoms with E-state index in [1.165, 1.54) is 0 Å². The van der Waals surface area contributed by atoms with Crippen LogP contribution < -0.4 is 0 Å². The molecule has 1 fully saturated rings. The molecule has 0 aromatic carbocycles. The zero-order valence-corrected chi connectivity index (χ0v) is 8.23. The first-order chi connectivity index (χ1) is 6.65. The summed E-state index contributed by atoms with van der Waals surface area (Å²) >= 11 is 0. The van der Waals surface area contributed by atoms with Gasteiger partial charge in [-0.25, -0.2) is 0 Å². The van der Waals surface area contributed by atoms with E-state index >= 15 is 0 Å². The summed E-state index contributed by atoms with van der Waals surface area (Å²) in [5.41, 5.74) is 0. The van der Waals surface area contributed by atoms with Gasteiger partial charge in [0.05, 0.1) is 12.6 Å². The third-order valence-corrected chi connectivity index (χ3v) is 2.07. The van der Waals surface area contributed by atoms with Crippen LogP contribution in [-0.4, -0.2) is 47.7 Å². The molecule has 1 aliphatic rings. The minimum absolute atomic E-state index is 0.0649. The minimum Gasteiger partial charge on any atom is -0.391 e. The molecule has 1 aliphatic heterocycles. The zero-order valence-electron chi connectivity index (χ0n) is 8.23. The summed E-state index contributed by atoms with van der Waals surface area (Å²) in [6.45, 7) is 1.90. The van der Waals surface area contributed by atoms with Crippen molar-refractivity contribution in [1.29, 1.82) is 0 Å². The predicted octanol–water partition coefficient (Wildman–Crippen LogP) is -0.467. The average Bonchev–Trinajstić information content (AvgIpc) is 2.12. The summed E-state index contributed by atoms with van der Waals surface area (Å²) in [4.78, 5) is 23.5. The summed E-state index contributed by atoms with van der Waals surface area (Å²) < 4.78 is 4.74. The van der Waals surface area contributed by atoms with Gasteiger partial charge in [0.25, 0.3) is 11.8 Å². The first kappa shape index (κ1) is 11.1. The highest BCUT2D eigenvalue weighted by Gasteiger charge is 2.27. The topological polar surface area (TPSA) is 66.8 Å². The van der Waals surface area contributed by atoms with E-state index in [0.29, 0.717) is 6.42 Å². The van der Waals surface area contributed by atoms with Crippen LogP contribution >= 0.6 is 0 Å². The second kappa shape index (κ2) is 5.07. The van der Waals surface area contributed by atoms with Crippen LogP contribution in [0.1, 0.15) is 19.8 Å². The van der Waals surface area contributed by atoms with Crippen LogP contribution in [0.15, 0.2) is 0 Å². The van der Waals surface area contributed by atoms with E-state index in [1.807, 2.05) is 6.92 Å². The smallest absolute Gasteiger partial charge is 0.255 e. The van der Waals surface area contributed by atoms with E-state index < -0.39 is 6.10 Å². The summed E-state index contributed by atoms with van der Waals surface area (Å²) in [6.07, 6.45) is 0.803. The molecule has 1 heterocycles. The third kappa shape index (κ3) is 2.78. The van der Waals surface area contributed by atoms with Crippen molar-refractivity contribution in [3.8, 4) is 0 Å². The summed E-state index contributed by atoms with van der Waals surface area (Å²) in [5, 5.41) is 9.45. The van der Waals surface area contributed by atoms with Crippen LogP contribution in [0.4, 0.5) is 0 Å². The fourth-order valence-corrected chi connectivity index (χ4v) is 1.36. The molecule has 0 aliphatic carbocycles. The standard InChI is InChI=1S/C9H15NO4/c1-2-3-7(11)4-10-8(12)5-14-6-9(10)13/h7,11H,2-6H2,1H3. The Labute approximate surface area is 82.6 Å². The minimum atomic E-state index is -0.619. The number of β-amino-alcohol motifs (C(OH)–C–C–N with tert-alkyl or cyclic N) is 1. The first-order valence-corrected chi connectivity index (χ1v) is 4.74. The van der Waals surface area contributed by atoms with E-state index in [1.54, 1.807) is 0 Å². The summed E-state index contributed by atoms with van der Waals surface area (Å²) in [7, 11) is 0. The lowest BCUT2D eigenvalue weighted by Crippen LogP contribution is -2.49. The van der Waals surface area contributed by atoms with Gasteiger partial charge in [0.15, 0.2) is 0 Å². The molecule has 2 amide bonds. The van der Waals surface area contributed by atoms with Gasteiger partial charge in [-0.2, -0.15) is 0 Å². The molecule has 5 heteroatoms. The Hall–Kier alpha value is -0.940. The molecular weight excluding hydrogens is 186 g/mol. The maximum atomic E-state index is 11.2. The number of hydrogen-bond donors (Lipinski definition) is 1. The summed E-state index contributed by atoms with van der Waals surface area (Å²) in [5.74, 6) is -0.729. The second-order valence-corrected chi connectivity index (χ2v) is 3.33. The average molecular weight is 201 g/mol. The van der Waals surface area contributed by atoms with Gasteiger partial charge < -0.3 is 9.84 Å². The van der Waals surface area contributed by atoms with E-state index in [9.17, 15) is 14.7 Å². The van der Waals surface area contributed by atoms with Crippen molar-refractivity contribution in [3.05, 3.63) is 0 Å². The van der Waals surface area contributed by atoms with Crippen molar-refractivity contribution in [3.63, 3.8) is 0 Å². The number of aliphatic hydroxyl groups is 1. The van der Waals surface area contributed by atoms with Gasteiger partial charge in [0.2, 0.25) is 0 Å². The number of aliphatic hydroxyl groups excluding tert-OH is 1. The molecule has 0 bridgehead atoms. The Morgan fingerprint density at radius 1 is 1.43 bits per heavy atom. The molecule has 1 atom stereocenters. The maximum Gasteiger partial charge on any atom is 0.255 e. The van der Waals surface area contributed by atoms with Crippen molar-refractivity contribution in [1.82, 2.24) is 4.90 Å². The number of amides is 2. The number of imide groups is 1. The Morgan fingerprint density at radius 2 is 2.00 bits per heavy atom. The van der Waals surface area contributed by atoms with Crippen LogP contribution in [-0.2, 0) is 14.3 Å². The van der Waals surface area contributed by atoms with Crippen LogP contribution in [0.2, 0.25) is 0 Å². The van der Waals surface area contributed by atoms with Gasteiger partial charge in [0, 0.05) is 0 Å². The number of carbonyl (C=O) groups is 2. The third-order valence-electron chi connectivity index (χ3n) is 2.07. The SMILES string of the molecule is CCCC(O)CN1C(=O)COCC1=O. The molecule has 1 rings (SSSR count). The number of rotatable bonds is 4. The van der Waals surface area contributed by atoms with Gasteiger partial charge in [-0.1, -0.05) is 13.3 Å². The highest BCUT2D eigenvalue weighted by atomic mass is 16.5. The van der Waals surface area contributed by atoms with Crippen molar-refractivity contribution in [2.75, 3.05) is 19.8 Å². The number of morpholine rings is 1. The highest BCUT2D eigenvalue weighted by Crippen LogP contribution is 2.05. The molecule has 14 heavy (non-hydrogen) atoms. The fourth-order valence-electron chi connectivity index (χ4n) is 1.36. The number of nitrogens with zero attached hydrogens (tertiary/aromatic N) is 1. The normalized spacial score (nSPS) is 20.0. The molecule has 5 nitrogen and oxygen atoms in total. The molecular formula is C9H15NO4. The number of carbonyl (C=O) groups excluding carboxylic acids is 2. The van der Waals surface area contributed by atoms with E-state index in [-0.39, 0.29) is 31.6 Å². The van der Waals surface area contributed by atoms with E-state index in [4.69, 9.17) is 4.74 Å². The monoisotopic (exact) mass is 201 g/mol. The molecule has 0 saturated carbocycles. The van der Waals surface area contributed by atoms with Gasteiger partial charge in [-0.3, -0.25) is 14.5 Å². The van der Waals surface area contributed by atoms with Gasteiger partial charge in [-0.15, -0.1) is 0 Å². The number of hydrogen-bond acceptors (Lipinski definition) is 4. The summed E-state index contributed by atoms with van der Waals surface area (Å²) in [6, 6.07) is 0. The van der Waals surface area contributed by atoms with Gasteiger partial charge >= 0.3 is 0 Å². The van der Waals surface area contributed by atoms with Crippen molar-refractivity contribution >= 4 is 11.8 Å². The highest BCUT2D eigenvalue weighted by molar-refractivity contribution is 5.98. The van der Waals surface area contributed by atoms with Crippen LogP contribution in [0.5, 0.6) is 0 Å². The molecule has 0 radical (unpaired) electrons. The molecule has 0 aromatic rings. The Balaban J connectivity index is 2.47. The molecule has 1 unspecified atom stereocenters. The quantitative estimate of drug-likeness (QED) is 0.624. The Kier molecular flexibility index (Phi) is 4.03.